The van der Waals surface area contributed by atoms with E-state index in [-0.39, 0.29) is 11.9 Å². The van der Waals surface area contributed by atoms with Crippen molar-refractivity contribution in [1.29, 1.82) is 0 Å². The number of amides is 1. The van der Waals surface area contributed by atoms with Crippen LogP contribution in [0.2, 0.25) is 0 Å². The van der Waals surface area contributed by atoms with Crippen LogP contribution in [-0.4, -0.2) is 43.6 Å². The minimum Gasteiger partial charge on any atom is -0.497 e. The van der Waals surface area contributed by atoms with Gasteiger partial charge in [-0.25, -0.2) is 0 Å². The van der Waals surface area contributed by atoms with E-state index in [1.165, 1.54) is 16.0 Å². The highest BCUT2D eigenvalue weighted by Gasteiger charge is 2.29. The third-order valence-corrected chi connectivity index (χ3v) is 7.30. The normalized spacial score (nSPS) is 16.3. The number of benzene rings is 2. The number of carbonyl (C=O) groups is 1. The van der Waals surface area contributed by atoms with Crippen molar-refractivity contribution in [2.75, 3.05) is 31.6 Å². The summed E-state index contributed by atoms with van der Waals surface area (Å²) in [6.45, 7) is 8.48. The Morgan fingerprint density at radius 1 is 1.09 bits per heavy atom. The highest BCUT2D eigenvalue weighted by Crippen LogP contribution is 2.30. The number of carbonyl (C=O) groups excluding carboxylic acids is 1. The summed E-state index contributed by atoms with van der Waals surface area (Å²) in [4.78, 5) is 18.6. The molecule has 32 heavy (non-hydrogen) atoms. The first-order chi connectivity index (χ1) is 15.5. The number of nitrogens with zero attached hydrogens (tertiary/aromatic N) is 2. The largest absolute Gasteiger partial charge is 0.497 e. The second-order valence-corrected chi connectivity index (χ2v) is 9.26. The molecule has 2 heterocycles. The first-order valence-corrected chi connectivity index (χ1v) is 11.9. The van der Waals surface area contributed by atoms with Crippen LogP contribution >= 0.6 is 11.8 Å². The van der Waals surface area contributed by atoms with Gasteiger partial charge in [-0.15, -0.1) is 11.8 Å². The predicted molar refractivity (Wildman–Crippen MR) is 130 cm³/mol. The van der Waals surface area contributed by atoms with Crippen LogP contribution in [0.1, 0.15) is 34.4 Å². The SMILES string of the molecule is COc1cccc(N2CCN(C(=O)c3ccc(CSc4c(C)cccc4C)o3)CC2C)c1. The molecule has 1 saturated heterocycles. The van der Waals surface area contributed by atoms with Gasteiger partial charge in [0, 0.05) is 42.3 Å². The molecule has 1 fully saturated rings. The Morgan fingerprint density at radius 2 is 1.84 bits per heavy atom. The Morgan fingerprint density at radius 3 is 2.56 bits per heavy atom. The van der Waals surface area contributed by atoms with Crippen LogP contribution in [0.4, 0.5) is 5.69 Å². The standard InChI is InChI=1S/C26H30N2O3S/c1-18-7-5-8-19(2)25(18)32-17-23-11-12-24(31-23)26(29)27-13-14-28(20(3)16-27)21-9-6-10-22(15-21)30-4/h5-12,15,20H,13-14,16-17H2,1-4H3. The Balaban J connectivity index is 1.37. The molecule has 0 radical (unpaired) electrons. The molecule has 1 atom stereocenters. The third kappa shape index (κ3) is 4.80. The number of furan rings is 1. The zero-order valence-electron chi connectivity index (χ0n) is 19.1. The van der Waals surface area contributed by atoms with Crippen molar-refractivity contribution in [1.82, 2.24) is 4.90 Å². The van der Waals surface area contributed by atoms with Gasteiger partial charge < -0.3 is 19.0 Å². The van der Waals surface area contributed by atoms with Gasteiger partial charge >= 0.3 is 0 Å². The molecular weight excluding hydrogens is 420 g/mol. The van der Waals surface area contributed by atoms with E-state index in [9.17, 15) is 4.79 Å². The van der Waals surface area contributed by atoms with Crippen LogP contribution in [0, 0.1) is 13.8 Å². The molecule has 168 valence electrons. The average Bonchev–Trinajstić information content (AvgIpc) is 3.27. The lowest BCUT2D eigenvalue weighted by Crippen LogP contribution is -2.53. The van der Waals surface area contributed by atoms with Crippen LogP contribution < -0.4 is 9.64 Å². The first-order valence-electron chi connectivity index (χ1n) is 10.9. The molecular formula is C26H30N2O3S. The lowest BCUT2D eigenvalue weighted by Gasteiger charge is -2.41. The first kappa shape index (κ1) is 22.3. The highest BCUT2D eigenvalue weighted by atomic mass is 32.2. The lowest BCUT2D eigenvalue weighted by atomic mass is 10.1. The number of thioether (sulfide) groups is 1. The molecule has 4 rings (SSSR count). The molecule has 3 aromatic rings. The van der Waals surface area contributed by atoms with Crippen LogP contribution in [0.15, 0.2) is 63.9 Å². The summed E-state index contributed by atoms with van der Waals surface area (Å²) >= 11 is 1.75. The molecule has 1 aromatic heterocycles. The van der Waals surface area contributed by atoms with Gasteiger partial charge in [0.25, 0.3) is 5.91 Å². The minimum absolute atomic E-state index is 0.0366. The predicted octanol–water partition coefficient (Wildman–Crippen LogP) is 5.55. The highest BCUT2D eigenvalue weighted by molar-refractivity contribution is 7.98. The number of piperazine rings is 1. The summed E-state index contributed by atoms with van der Waals surface area (Å²) in [6.07, 6.45) is 0. The third-order valence-electron chi connectivity index (χ3n) is 5.94. The molecule has 1 amide bonds. The number of rotatable bonds is 6. The maximum absolute atomic E-state index is 13.1. The van der Waals surface area contributed by atoms with Crippen molar-refractivity contribution in [3.8, 4) is 5.75 Å². The van der Waals surface area contributed by atoms with Gasteiger partial charge in [0.05, 0.1) is 12.9 Å². The fourth-order valence-corrected chi connectivity index (χ4v) is 5.24. The minimum atomic E-state index is -0.0366. The van der Waals surface area contributed by atoms with E-state index < -0.39 is 0 Å². The summed E-state index contributed by atoms with van der Waals surface area (Å²) in [5.41, 5.74) is 3.65. The molecule has 0 aliphatic carbocycles. The quantitative estimate of drug-likeness (QED) is 0.461. The van der Waals surface area contributed by atoms with Gasteiger partial charge in [-0.1, -0.05) is 24.3 Å². The zero-order chi connectivity index (χ0) is 22.7. The molecule has 5 nitrogen and oxygen atoms in total. The van der Waals surface area contributed by atoms with Crippen molar-refractivity contribution in [3.63, 3.8) is 0 Å². The van der Waals surface area contributed by atoms with Crippen LogP contribution in [-0.2, 0) is 5.75 Å². The van der Waals surface area contributed by atoms with Gasteiger partial charge in [0.2, 0.25) is 0 Å². The number of hydrogen-bond donors (Lipinski definition) is 0. The van der Waals surface area contributed by atoms with E-state index in [2.05, 4.69) is 49.9 Å². The Labute approximate surface area is 194 Å². The number of aryl methyl sites for hydroxylation is 2. The van der Waals surface area contributed by atoms with Gasteiger partial charge in [0.1, 0.15) is 11.5 Å². The van der Waals surface area contributed by atoms with E-state index in [0.29, 0.717) is 24.6 Å². The van der Waals surface area contributed by atoms with Crippen LogP contribution in [0.25, 0.3) is 0 Å². The van der Waals surface area contributed by atoms with E-state index >= 15 is 0 Å². The molecule has 2 aromatic carbocycles. The molecule has 0 N–H and O–H groups in total. The van der Waals surface area contributed by atoms with Crippen molar-refractivity contribution in [2.24, 2.45) is 0 Å². The smallest absolute Gasteiger partial charge is 0.289 e. The summed E-state index contributed by atoms with van der Waals surface area (Å²) in [5.74, 6) is 2.76. The Hall–Kier alpha value is -2.86. The molecule has 6 heteroatoms. The van der Waals surface area contributed by atoms with E-state index in [1.807, 2.05) is 35.2 Å². The van der Waals surface area contributed by atoms with Crippen molar-refractivity contribution in [2.45, 2.75) is 37.5 Å². The van der Waals surface area contributed by atoms with Crippen LogP contribution in [0.3, 0.4) is 0 Å². The second kappa shape index (κ2) is 9.74. The molecule has 0 bridgehead atoms. The zero-order valence-corrected chi connectivity index (χ0v) is 19.9. The monoisotopic (exact) mass is 450 g/mol. The van der Waals surface area contributed by atoms with E-state index in [0.717, 1.165) is 23.7 Å². The summed E-state index contributed by atoms with van der Waals surface area (Å²) in [6, 6.07) is 18.3. The number of hydrogen-bond acceptors (Lipinski definition) is 5. The van der Waals surface area contributed by atoms with E-state index in [4.69, 9.17) is 9.15 Å². The lowest BCUT2D eigenvalue weighted by molar-refractivity contribution is 0.0692. The molecule has 1 aliphatic heterocycles. The van der Waals surface area contributed by atoms with E-state index in [1.54, 1.807) is 18.9 Å². The molecule has 1 unspecified atom stereocenters. The number of anilines is 1. The van der Waals surface area contributed by atoms with Crippen molar-refractivity contribution in [3.05, 3.63) is 77.2 Å². The summed E-state index contributed by atoms with van der Waals surface area (Å²) in [7, 11) is 1.68. The van der Waals surface area contributed by atoms with Gasteiger partial charge in [-0.3, -0.25) is 4.79 Å². The van der Waals surface area contributed by atoms with Gasteiger partial charge in [-0.2, -0.15) is 0 Å². The topological polar surface area (TPSA) is 45.9 Å². The molecule has 0 spiro atoms. The molecule has 1 aliphatic rings. The Kier molecular flexibility index (Phi) is 6.80. The van der Waals surface area contributed by atoms with Gasteiger partial charge in [-0.05, 0) is 56.2 Å². The second-order valence-electron chi connectivity index (χ2n) is 8.27. The molecule has 0 saturated carbocycles. The number of methoxy groups -OCH3 is 1. The summed E-state index contributed by atoms with van der Waals surface area (Å²) in [5, 5.41) is 0. The number of ether oxygens (including phenoxy) is 1. The van der Waals surface area contributed by atoms with Gasteiger partial charge in [0.15, 0.2) is 5.76 Å². The summed E-state index contributed by atoms with van der Waals surface area (Å²) < 4.78 is 11.3. The fourth-order valence-electron chi connectivity index (χ4n) is 4.21. The van der Waals surface area contributed by atoms with Crippen molar-refractivity contribution >= 4 is 23.4 Å². The van der Waals surface area contributed by atoms with Crippen LogP contribution in [0.5, 0.6) is 5.75 Å². The average molecular weight is 451 g/mol. The Bertz CT molecular complexity index is 1070. The fraction of sp³-hybridized carbons (Fsp3) is 0.346. The van der Waals surface area contributed by atoms with Crippen molar-refractivity contribution < 1.29 is 13.9 Å². The maximum Gasteiger partial charge on any atom is 0.289 e. The maximum atomic E-state index is 13.1.